The Hall–Kier alpha value is -2.10. The van der Waals surface area contributed by atoms with Gasteiger partial charge in [0.15, 0.2) is 0 Å². The third-order valence-electron chi connectivity index (χ3n) is 2.30. The molecule has 0 saturated heterocycles. The molecular formula is C13H15N3O. The second-order valence-corrected chi connectivity index (χ2v) is 3.70. The molecule has 0 unspecified atom stereocenters. The van der Waals surface area contributed by atoms with Crippen molar-refractivity contribution in [3.8, 4) is 17.0 Å². The fourth-order valence-electron chi connectivity index (χ4n) is 1.51. The summed E-state index contributed by atoms with van der Waals surface area (Å²) in [6.07, 6.45) is 6.11. The normalized spacial score (nSPS) is 10.2. The maximum atomic E-state index is 5.87. The Morgan fingerprint density at radius 3 is 3.00 bits per heavy atom. The van der Waals surface area contributed by atoms with E-state index in [1.165, 1.54) is 0 Å². The van der Waals surface area contributed by atoms with Crippen molar-refractivity contribution in [2.75, 3.05) is 12.3 Å². The van der Waals surface area contributed by atoms with E-state index in [0.717, 1.165) is 23.4 Å². The van der Waals surface area contributed by atoms with Crippen molar-refractivity contribution in [1.82, 2.24) is 9.97 Å². The summed E-state index contributed by atoms with van der Waals surface area (Å²) < 4.78 is 5.53. The summed E-state index contributed by atoms with van der Waals surface area (Å²) >= 11 is 0. The summed E-state index contributed by atoms with van der Waals surface area (Å²) in [5.41, 5.74) is 8.12. The number of nitrogens with zero attached hydrogens (tertiary/aromatic N) is 2. The zero-order valence-electron chi connectivity index (χ0n) is 9.76. The Bertz CT molecular complexity index is 500. The number of hydrogen-bond acceptors (Lipinski definition) is 4. The van der Waals surface area contributed by atoms with Gasteiger partial charge in [-0.25, -0.2) is 0 Å². The average Bonchev–Trinajstić information content (AvgIpc) is 2.37. The van der Waals surface area contributed by atoms with Crippen molar-refractivity contribution in [1.29, 1.82) is 0 Å². The fraction of sp³-hybridized carbons (Fsp3) is 0.231. The highest BCUT2D eigenvalue weighted by Gasteiger charge is 2.05. The van der Waals surface area contributed by atoms with E-state index < -0.39 is 0 Å². The fourth-order valence-corrected chi connectivity index (χ4v) is 1.51. The van der Waals surface area contributed by atoms with Crippen molar-refractivity contribution in [3.05, 3.63) is 36.8 Å². The number of nitrogens with two attached hydrogens (primary N) is 1. The van der Waals surface area contributed by atoms with Crippen molar-refractivity contribution in [2.24, 2.45) is 0 Å². The van der Waals surface area contributed by atoms with E-state index in [4.69, 9.17) is 10.5 Å². The standard InChI is InChI=1S/C13H15N3O/c1-2-6-17-11-7-10(8-15-9-11)13-12(14)4-3-5-16-13/h3-5,7-9H,2,6,14H2,1H3. The maximum Gasteiger partial charge on any atom is 0.138 e. The van der Waals surface area contributed by atoms with E-state index in [1.54, 1.807) is 18.6 Å². The molecular weight excluding hydrogens is 214 g/mol. The highest BCUT2D eigenvalue weighted by atomic mass is 16.5. The lowest BCUT2D eigenvalue weighted by atomic mass is 10.1. The predicted octanol–water partition coefficient (Wildman–Crippen LogP) is 2.51. The number of nitrogen functional groups attached to an aromatic ring is 1. The Labute approximate surface area is 100 Å². The predicted molar refractivity (Wildman–Crippen MR) is 67.7 cm³/mol. The minimum atomic E-state index is 0.641. The molecule has 0 aliphatic heterocycles. The number of pyridine rings is 2. The first kappa shape index (κ1) is 11.4. The van der Waals surface area contributed by atoms with Crippen LogP contribution in [0.3, 0.4) is 0 Å². The molecule has 2 rings (SSSR count). The van der Waals surface area contributed by atoms with Gasteiger partial charge in [-0.3, -0.25) is 9.97 Å². The van der Waals surface area contributed by atoms with E-state index in [1.807, 2.05) is 18.2 Å². The molecule has 4 nitrogen and oxygen atoms in total. The van der Waals surface area contributed by atoms with E-state index in [-0.39, 0.29) is 0 Å². The van der Waals surface area contributed by atoms with Gasteiger partial charge in [0, 0.05) is 18.0 Å². The topological polar surface area (TPSA) is 61.0 Å². The average molecular weight is 229 g/mol. The number of anilines is 1. The lowest BCUT2D eigenvalue weighted by molar-refractivity contribution is 0.316. The van der Waals surface area contributed by atoms with Gasteiger partial charge in [0.1, 0.15) is 5.75 Å². The van der Waals surface area contributed by atoms with Crippen LogP contribution in [-0.4, -0.2) is 16.6 Å². The number of ether oxygens (including phenoxy) is 1. The number of aromatic nitrogens is 2. The van der Waals surface area contributed by atoms with Gasteiger partial charge < -0.3 is 10.5 Å². The Morgan fingerprint density at radius 1 is 1.35 bits per heavy atom. The van der Waals surface area contributed by atoms with Gasteiger partial charge in [0.25, 0.3) is 0 Å². The summed E-state index contributed by atoms with van der Waals surface area (Å²) in [6, 6.07) is 5.53. The molecule has 0 saturated carbocycles. The van der Waals surface area contributed by atoms with Gasteiger partial charge in [0.05, 0.1) is 24.2 Å². The van der Waals surface area contributed by atoms with Gasteiger partial charge >= 0.3 is 0 Å². The van der Waals surface area contributed by atoms with Crippen molar-refractivity contribution in [3.63, 3.8) is 0 Å². The largest absolute Gasteiger partial charge is 0.492 e. The smallest absolute Gasteiger partial charge is 0.138 e. The second-order valence-electron chi connectivity index (χ2n) is 3.70. The molecule has 0 radical (unpaired) electrons. The molecule has 17 heavy (non-hydrogen) atoms. The molecule has 88 valence electrons. The van der Waals surface area contributed by atoms with Crippen LogP contribution in [0.1, 0.15) is 13.3 Å². The quantitative estimate of drug-likeness (QED) is 0.875. The van der Waals surface area contributed by atoms with Crippen LogP contribution < -0.4 is 10.5 Å². The Kier molecular flexibility index (Phi) is 3.55. The second kappa shape index (κ2) is 5.30. The SMILES string of the molecule is CCCOc1cncc(-c2ncccc2N)c1. The van der Waals surface area contributed by atoms with Crippen molar-refractivity contribution >= 4 is 5.69 Å². The van der Waals surface area contributed by atoms with Crippen LogP contribution in [0.4, 0.5) is 5.69 Å². The first-order valence-electron chi connectivity index (χ1n) is 5.60. The lowest BCUT2D eigenvalue weighted by Crippen LogP contribution is -1.97. The summed E-state index contributed by atoms with van der Waals surface area (Å²) in [7, 11) is 0. The highest BCUT2D eigenvalue weighted by Crippen LogP contribution is 2.25. The minimum absolute atomic E-state index is 0.641. The summed E-state index contributed by atoms with van der Waals surface area (Å²) in [6.45, 7) is 2.75. The van der Waals surface area contributed by atoms with Crippen LogP contribution in [0.2, 0.25) is 0 Å². The molecule has 2 N–H and O–H groups in total. The summed E-state index contributed by atoms with van der Waals surface area (Å²) in [5.74, 6) is 0.745. The molecule has 0 aromatic carbocycles. The molecule has 0 aliphatic carbocycles. The first-order chi connectivity index (χ1) is 8.31. The van der Waals surface area contributed by atoms with Crippen molar-refractivity contribution in [2.45, 2.75) is 13.3 Å². The van der Waals surface area contributed by atoms with Gasteiger partial charge in [-0.15, -0.1) is 0 Å². The van der Waals surface area contributed by atoms with E-state index in [0.29, 0.717) is 12.3 Å². The van der Waals surface area contributed by atoms with Crippen LogP contribution in [0.5, 0.6) is 5.75 Å². The van der Waals surface area contributed by atoms with Gasteiger partial charge in [-0.2, -0.15) is 0 Å². The van der Waals surface area contributed by atoms with Crippen LogP contribution >= 0.6 is 0 Å². The third kappa shape index (κ3) is 2.72. The zero-order valence-corrected chi connectivity index (χ0v) is 9.76. The summed E-state index contributed by atoms with van der Waals surface area (Å²) in [5, 5.41) is 0. The van der Waals surface area contributed by atoms with E-state index in [9.17, 15) is 0 Å². The molecule has 0 amide bonds. The molecule has 0 atom stereocenters. The zero-order chi connectivity index (χ0) is 12.1. The van der Waals surface area contributed by atoms with Gasteiger partial charge in [-0.1, -0.05) is 6.92 Å². The highest BCUT2D eigenvalue weighted by molar-refractivity contribution is 5.72. The lowest BCUT2D eigenvalue weighted by Gasteiger charge is -2.07. The Balaban J connectivity index is 2.30. The van der Waals surface area contributed by atoms with Crippen LogP contribution in [0.15, 0.2) is 36.8 Å². The minimum Gasteiger partial charge on any atom is -0.492 e. The monoisotopic (exact) mass is 229 g/mol. The first-order valence-corrected chi connectivity index (χ1v) is 5.60. The molecule has 2 aromatic rings. The molecule has 2 aromatic heterocycles. The van der Waals surface area contributed by atoms with Crippen LogP contribution in [0, 0.1) is 0 Å². The Morgan fingerprint density at radius 2 is 2.24 bits per heavy atom. The molecule has 0 aliphatic rings. The van der Waals surface area contributed by atoms with E-state index >= 15 is 0 Å². The molecule has 2 heterocycles. The van der Waals surface area contributed by atoms with Crippen LogP contribution in [-0.2, 0) is 0 Å². The molecule has 4 heteroatoms. The third-order valence-corrected chi connectivity index (χ3v) is 2.30. The van der Waals surface area contributed by atoms with Gasteiger partial charge in [-0.05, 0) is 24.6 Å². The molecule has 0 bridgehead atoms. The molecule has 0 spiro atoms. The van der Waals surface area contributed by atoms with E-state index in [2.05, 4.69) is 16.9 Å². The van der Waals surface area contributed by atoms with Gasteiger partial charge in [0.2, 0.25) is 0 Å². The number of hydrogen-bond donors (Lipinski definition) is 1. The number of rotatable bonds is 4. The molecule has 0 fully saturated rings. The van der Waals surface area contributed by atoms with Crippen molar-refractivity contribution < 1.29 is 4.74 Å². The summed E-state index contributed by atoms with van der Waals surface area (Å²) in [4.78, 5) is 8.38. The van der Waals surface area contributed by atoms with Crippen LogP contribution in [0.25, 0.3) is 11.3 Å². The maximum absolute atomic E-state index is 5.87.